The Labute approximate surface area is 176 Å². The van der Waals surface area contributed by atoms with Gasteiger partial charge in [0.25, 0.3) is 5.91 Å². The van der Waals surface area contributed by atoms with Crippen LogP contribution in [0.25, 0.3) is 0 Å². The SMILES string of the molecule is CCOc1ccc([C@H](C)NC(=O)c2ccc(Cl)c(S(=O)(=O)N3CCCC3)c2)cc1. The van der Waals surface area contributed by atoms with Gasteiger partial charge < -0.3 is 10.1 Å². The first-order valence-corrected chi connectivity index (χ1v) is 11.5. The largest absolute Gasteiger partial charge is 0.494 e. The van der Waals surface area contributed by atoms with Crippen molar-refractivity contribution < 1.29 is 17.9 Å². The highest BCUT2D eigenvalue weighted by atomic mass is 35.5. The zero-order valence-corrected chi connectivity index (χ0v) is 18.1. The van der Waals surface area contributed by atoms with Crippen LogP contribution in [0.15, 0.2) is 47.4 Å². The topological polar surface area (TPSA) is 75.7 Å². The number of hydrogen-bond acceptors (Lipinski definition) is 4. The molecule has 0 aliphatic carbocycles. The fraction of sp³-hybridized carbons (Fsp3) is 0.381. The number of ether oxygens (including phenoxy) is 1. The molecular weight excluding hydrogens is 412 g/mol. The van der Waals surface area contributed by atoms with E-state index >= 15 is 0 Å². The lowest BCUT2D eigenvalue weighted by atomic mass is 10.1. The molecule has 0 spiro atoms. The quantitative estimate of drug-likeness (QED) is 0.711. The number of sulfonamides is 1. The van der Waals surface area contributed by atoms with Crippen molar-refractivity contribution in [1.82, 2.24) is 9.62 Å². The Balaban J connectivity index is 1.77. The average molecular weight is 437 g/mol. The summed E-state index contributed by atoms with van der Waals surface area (Å²) in [5.74, 6) is 0.408. The van der Waals surface area contributed by atoms with E-state index < -0.39 is 10.0 Å². The van der Waals surface area contributed by atoms with Crippen LogP contribution in [0.5, 0.6) is 5.75 Å². The summed E-state index contributed by atoms with van der Waals surface area (Å²) in [6.07, 6.45) is 1.66. The van der Waals surface area contributed by atoms with Crippen molar-refractivity contribution >= 4 is 27.5 Å². The van der Waals surface area contributed by atoms with Crippen molar-refractivity contribution in [2.45, 2.75) is 37.6 Å². The molecule has 156 valence electrons. The molecular formula is C21H25ClN2O4S. The van der Waals surface area contributed by atoms with E-state index in [9.17, 15) is 13.2 Å². The minimum atomic E-state index is -3.71. The van der Waals surface area contributed by atoms with Gasteiger partial charge in [0.05, 0.1) is 17.7 Å². The normalized spacial score (nSPS) is 15.8. The molecule has 0 radical (unpaired) electrons. The molecule has 29 heavy (non-hydrogen) atoms. The van der Waals surface area contributed by atoms with Gasteiger partial charge in [0, 0.05) is 18.7 Å². The summed E-state index contributed by atoms with van der Waals surface area (Å²) in [6, 6.07) is 11.6. The molecule has 0 bridgehead atoms. The van der Waals surface area contributed by atoms with Gasteiger partial charge in [-0.05, 0) is 62.6 Å². The molecule has 0 aromatic heterocycles. The van der Waals surface area contributed by atoms with Crippen LogP contribution in [-0.2, 0) is 10.0 Å². The number of rotatable bonds is 7. The van der Waals surface area contributed by atoms with Crippen molar-refractivity contribution in [2.24, 2.45) is 0 Å². The van der Waals surface area contributed by atoms with Crippen LogP contribution in [0.4, 0.5) is 0 Å². The summed E-state index contributed by atoms with van der Waals surface area (Å²) < 4.78 is 32.6. The van der Waals surface area contributed by atoms with Crippen LogP contribution in [-0.4, -0.2) is 38.3 Å². The highest BCUT2D eigenvalue weighted by molar-refractivity contribution is 7.89. The number of benzene rings is 2. The van der Waals surface area contributed by atoms with Crippen LogP contribution in [0.3, 0.4) is 0 Å². The van der Waals surface area contributed by atoms with Crippen molar-refractivity contribution in [3.8, 4) is 5.75 Å². The van der Waals surface area contributed by atoms with E-state index in [0.29, 0.717) is 19.7 Å². The molecule has 6 nitrogen and oxygen atoms in total. The molecule has 2 aromatic rings. The third-order valence-corrected chi connectivity index (χ3v) is 7.30. The van der Waals surface area contributed by atoms with Gasteiger partial charge in [-0.25, -0.2) is 8.42 Å². The molecule has 0 saturated carbocycles. The molecule has 1 amide bonds. The maximum Gasteiger partial charge on any atom is 0.251 e. The monoisotopic (exact) mass is 436 g/mol. The molecule has 3 rings (SSSR count). The number of halogens is 1. The number of carbonyl (C=O) groups excluding carboxylic acids is 1. The summed E-state index contributed by atoms with van der Waals surface area (Å²) >= 11 is 6.16. The van der Waals surface area contributed by atoms with Crippen molar-refractivity contribution in [1.29, 1.82) is 0 Å². The number of amides is 1. The van der Waals surface area contributed by atoms with Crippen LogP contribution >= 0.6 is 11.6 Å². The van der Waals surface area contributed by atoms with E-state index in [1.165, 1.54) is 22.5 Å². The third kappa shape index (κ3) is 4.91. The van der Waals surface area contributed by atoms with E-state index in [1.54, 1.807) is 0 Å². The van der Waals surface area contributed by atoms with Crippen molar-refractivity contribution in [3.63, 3.8) is 0 Å². The summed E-state index contributed by atoms with van der Waals surface area (Å²) in [4.78, 5) is 12.7. The fourth-order valence-corrected chi connectivity index (χ4v) is 5.31. The van der Waals surface area contributed by atoms with Crippen LogP contribution in [0.1, 0.15) is 48.7 Å². The molecule has 1 N–H and O–H groups in total. The maximum absolute atomic E-state index is 12.9. The van der Waals surface area contributed by atoms with Gasteiger partial charge in [-0.15, -0.1) is 0 Å². The smallest absolute Gasteiger partial charge is 0.251 e. The molecule has 2 aromatic carbocycles. The van der Waals surface area contributed by atoms with Gasteiger partial charge in [0.1, 0.15) is 10.6 Å². The van der Waals surface area contributed by atoms with Gasteiger partial charge in [-0.2, -0.15) is 4.31 Å². The Morgan fingerprint density at radius 2 is 1.83 bits per heavy atom. The lowest BCUT2D eigenvalue weighted by Gasteiger charge is -2.18. The second kappa shape index (κ2) is 9.15. The first-order valence-electron chi connectivity index (χ1n) is 9.66. The first kappa shape index (κ1) is 21.6. The molecule has 1 aliphatic heterocycles. The van der Waals surface area contributed by atoms with Gasteiger partial charge >= 0.3 is 0 Å². The zero-order chi connectivity index (χ0) is 21.0. The predicted molar refractivity (Wildman–Crippen MR) is 113 cm³/mol. The summed E-state index contributed by atoms with van der Waals surface area (Å²) in [5.41, 5.74) is 1.17. The van der Waals surface area contributed by atoms with Crippen molar-refractivity contribution in [2.75, 3.05) is 19.7 Å². The lowest BCUT2D eigenvalue weighted by molar-refractivity contribution is 0.0939. The molecule has 1 saturated heterocycles. The molecule has 8 heteroatoms. The Kier molecular flexibility index (Phi) is 6.82. The minimum absolute atomic E-state index is 0.0255. The summed E-state index contributed by atoms with van der Waals surface area (Å²) in [5, 5.41) is 3.02. The van der Waals surface area contributed by atoms with Crippen molar-refractivity contribution in [3.05, 3.63) is 58.6 Å². The molecule has 1 heterocycles. The highest BCUT2D eigenvalue weighted by Gasteiger charge is 2.29. The average Bonchev–Trinajstić information content (AvgIpc) is 3.24. The second-order valence-corrected chi connectivity index (χ2v) is 9.27. The van der Waals surface area contributed by atoms with Crippen LogP contribution in [0.2, 0.25) is 5.02 Å². The van der Waals surface area contributed by atoms with Gasteiger partial charge in [0.2, 0.25) is 10.0 Å². The Bertz CT molecular complexity index is 971. The number of carbonyl (C=O) groups is 1. The van der Waals surface area contributed by atoms with E-state index in [0.717, 1.165) is 24.2 Å². The second-order valence-electron chi connectivity index (χ2n) is 6.95. The predicted octanol–water partition coefficient (Wildman–Crippen LogP) is 4.01. The minimum Gasteiger partial charge on any atom is -0.494 e. The van der Waals surface area contributed by atoms with E-state index in [4.69, 9.17) is 16.3 Å². The molecule has 1 atom stereocenters. The van der Waals surface area contributed by atoms with Crippen LogP contribution < -0.4 is 10.1 Å². The lowest BCUT2D eigenvalue weighted by Crippen LogP contribution is -2.29. The van der Waals surface area contributed by atoms with Crippen LogP contribution in [0, 0.1) is 0 Å². The third-order valence-electron chi connectivity index (χ3n) is 4.91. The first-order chi connectivity index (χ1) is 13.8. The Hall–Kier alpha value is -2.09. The highest BCUT2D eigenvalue weighted by Crippen LogP contribution is 2.28. The van der Waals surface area contributed by atoms with Gasteiger partial charge in [0.15, 0.2) is 0 Å². The standard InChI is InChI=1S/C21H25ClN2O4S/c1-3-28-18-9-6-16(7-10-18)15(2)23-21(25)17-8-11-19(22)20(14-17)29(26,27)24-12-4-5-13-24/h6-11,14-15H,3-5,12-13H2,1-2H3,(H,23,25)/t15-/m0/s1. The van der Waals surface area contributed by atoms with E-state index in [1.807, 2.05) is 38.1 Å². The number of nitrogens with one attached hydrogen (secondary N) is 1. The Morgan fingerprint density at radius 3 is 2.45 bits per heavy atom. The van der Waals surface area contributed by atoms with E-state index in [-0.39, 0.29) is 27.4 Å². The Morgan fingerprint density at radius 1 is 1.17 bits per heavy atom. The molecule has 0 unspecified atom stereocenters. The summed E-state index contributed by atoms with van der Waals surface area (Å²) in [7, 11) is -3.71. The maximum atomic E-state index is 12.9. The molecule has 1 aliphatic rings. The molecule has 1 fully saturated rings. The zero-order valence-electron chi connectivity index (χ0n) is 16.5. The van der Waals surface area contributed by atoms with Gasteiger partial charge in [-0.1, -0.05) is 23.7 Å². The van der Waals surface area contributed by atoms with Gasteiger partial charge in [-0.3, -0.25) is 4.79 Å². The van der Waals surface area contributed by atoms with E-state index in [2.05, 4.69) is 5.32 Å². The number of hydrogen-bond donors (Lipinski definition) is 1. The summed E-state index contributed by atoms with van der Waals surface area (Å²) in [6.45, 7) is 5.32. The number of nitrogens with zero attached hydrogens (tertiary/aromatic N) is 1. The fourth-order valence-electron chi connectivity index (χ4n) is 3.29.